The van der Waals surface area contributed by atoms with Crippen LogP contribution in [0.1, 0.15) is 44.9 Å². The SMILES string of the molecule is CC(C)Cc1ccc(C(CN)N2CC(C)OCC2C)cc1. The molecule has 2 rings (SSSR count). The number of hydrogen-bond acceptors (Lipinski definition) is 3. The zero-order valence-electron chi connectivity index (χ0n) is 13.9. The standard InChI is InChI=1S/C18H30N2O/c1-13(2)9-16-5-7-17(8-6-16)18(10-19)20-11-15(4)21-12-14(20)3/h5-8,13-15,18H,9-12,19H2,1-4H3. The molecule has 0 spiro atoms. The molecule has 1 saturated heterocycles. The summed E-state index contributed by atoms with van der Waals surface area (Å²) in [6.45, 7) is 11.3. The van der Waals surface area contributed by atoms with Crippen LogP contribution in [0, 0.1) is 5.92 Å². The molecule has 3 atom stereocenters. The lowest BCUT2D eigenvalue weighted by Gasteiger charge is -2.41. The van der Waals surface area contributed by atoms with Crippen LogP contribution in [-0.4, -0.2) is 36.7 Å². The number of nitrogens with zero attached hydrogens (tertiary/aromatic N) is 1. The van der Waals surface area contributed by atoms with Crippen LogP contribution in [0.4, 0.5) is 0 Å². The van der Waals surface area contributed by atoms with E-state index in [-0.39, 0.29) is 6.10 Å². The molecule has 0 radical (unpaired) electrons. The van der Waals surface area contributed by atoms with Crippen LogP contribution in [0.15, 0.2) is 24.3 Å². The fourth-order valence-electron chi connectivity index (χ4n) is 3.17. The van der Waals surface area contributed by atoms with Crippen molar-refractivity contribution in [3.8, 4) is 0 Å². The second kappa shape index (κ2) is 7.39. The first-order valence-electron chi connectivity index (χ1n) is 8.17. The first-order chi connectivity index (χ1) is 10.0. The number of ether oxygens (including phenoxy) is 1. The average molecular weight is 290 g/mol. The minimum absolute atomic E-state index is 0.287. The summed E-state index contributed by atoms with van der Waals surface area (Å²) in [5, 5.41) is 0. The fraction of sp³-hybridized carbons (Fsp3) is 0.667. The number of hydrogen-bond donors (Lipinski definition) is 1. The summed E-state index contributed by atoms with van der Waals surface area (Å²) in [5.41, 5.74) is 8.81. The number of rotatable bonds is 5. The van der Waals surface area contributed by atoms with Crippen molar-refractivity contribution >= 4 is 0 Å². The Morgan fingerprint density at radius 2 is 1.90 bits per heavy atom. The molecule has 3 unspecified atom stereocenters. The normalized spacial score (nSPS) is 25.2. The molecule has 1 aromatic rings. The van der Waals surface area contributed by atoms with Crippen LogP contribution in [0.25, 0.3) is 0 Å². The van der Waals surface area contributed by atoms with Crippen LogP contribution in [0.5, 0.6) is 0 Å². The molecule has 1 aliphatic heterocycles. The quantitative estimate of drug-likeness (QED) is 0.906. The van der Waals surface area contributed by atoms with E-state index in [2.05, 4.69) is 56.9 Å². The van der Waals surface area contributed by atoms with E-state index < -0.39 is 0 Å². The third kappa shape index (κ3) is 4.29. The van der Waals surface area contributed by atoms with Crippen LogP contribution in [0.3, 0.4) is 0 Å². The van der Waals surface area contributed by atoms with Gasteiger partial charge in [0.25, 0.3) is 0 Å². The van der Waals surface area contributed by atoms with Gasteiger partial charge in [0.1, 0.15) is 0 Å². The Labute approximate surface area is 129 Å². The van der Waals surface area contributed by atoms with E-state index in [1.165, 1.54) is 11.1 Å². The summed E-state index contributed by atoms with van der Waals surface area (Å²) in [5.74, 6) is 0.696. The van der Waals surface area contributed by atoms with E-state index in [9.17, 15) is 0 Å². The lowest BCUT2D eigenvalue weighted by atomic mass is 9.97. The molecule has 0 aliphatic carbocycles. The molecule has 0 amide bonds. The van der Waals surface area contributed by atoms with Gasteiger partial charge in [0.05, 0.1) is 12.7 Å². The zero-order chi connectivity index (χ0) is 15.4. The fourth-order valence-corrected chi connectivity index (χ4v) is 3.17. The minimum Gasteiger partial charge on any atom is -0.376 e. The Kier molecular flexibility index (Phi) is 5.80. The van der Waals surface area contributed by atoms with Crippen molar-refractivity contribution in [2.75, 3.05) is 19.7 Å². The highest BCUT2D eigenvalue weighted by Crippen LogP contribution is 2.26. The lowest BCUT2D eigenvalue weighted by molar-refractivity contribution is -0.0653. The zero-order valence-corrected chi connectivity index (χ0v) is 13.9. The van der Waals surface area contributed by atoms with Gasteiger partial charge >= 0.3 is 0 Å². The third-order valence-electron chi connectivity index (χ3n) is 4.29. The van der Waals surface area contributed by atoms with E-state index in [1.807, 2.05) is 0 Å². The largest absolute Gasteiger partial charge is 0.376 e. The predicted molar refractivity (Wildman–Crippen MR) is 88.4 cm³/mol. The highest BCUT2D eigenvalue weighted by atomic mass is 16.5. The minimum atomic E-state index is 0.287. The predicted octanol–water partition coefficient (Wildman–Crippen LogP) is 2.99. The summed E-state index contributed by atoms with van der Waals surface area (Å²) in [6, 6.07) is 9.73. The van der Waals surface area contributed by atoms with E-state index in [1.54, 1.807) is 0 Å². The van der Waals surface area contributed by atoms with Crippen LogP contribution in [0.2, 0.25) is 0 Å². The van der Waals surface area contributed by atoms with Gasteiger partial charge in [-0.2, -0.15) is 0 Å². The molecule has 21 heavy (non-hydrogen) atoms. The summed E-state index contributed by atoms with van der Waals surface area (Å²) in [7, 11) is 0. The second-order valence-electron chi connectivity index (χ2n) is 6.78. The molecular formula is C18H30N2O. The second-order valence-corrected chi connectivity index (χ2v) is 6.78. The summed E-state index contributed by atoms with van der Waals surface area (Å²) >= 11 is 0. The Morgan fingerprint density at radius 1 is 1.24 bits per heavy atom. The molecule has 1 aromatic carbocycles. The van der Waals surface area contributed by atoms with Crippen molar-refractivity contribution < 1.29 is 4.74 Å². The molecule has 2 N–H and O–H groups in total. The van der Waals surface area contributed by atoms with Crippen molar-refractivity contribution in [2.24, 2.45) is 11.7 Å². The molecule has 0 aromatic heterocycles. The van der Waals surface area contributed by atoms with Gasteiger partial charge in [-0.15, -0.1) is 0 Å². The van der Waals surface area contributed by atoms with E-state index in [4.69, 9.17) is 10.5 Å². The monoisotopic (exact) mass is 290 g/mol. The summed E-state index contributed by atoms with van der Waals surface area (Å²) in [4.78, 5) is 2.49. The van der Waals surface area contributed by atoms with E-state index in [0.29, 0.717) is 24.5 Å². The van der Waals surface area contributed by atoms with Crippen LogP contribution in [-0.2, 0) is 11.2 Å². The maximum absolute atomic E-state index is 6.08. The number of morpholine rings is 1. The van der Waals surface area contributed by atoms with Crippen LogP contribution >= 0.6 is 0 Å². The Morgan fingerprint density at radius 3 is 2.48 bits per heavy atom. The molecule has 118 valence electrons. The van der Waals surface area contributed by atoms with Crippen molar-refractivity contribution in [1.29, 1.82) is 0 Å². The van der Waals surface area contributed by atoms with Gasteiger partial charge in [-0.25, -0.2) is 0 Å². The molecule has 3 heteroatoms. The molecule has 3 nitrogen and oxygen atoms in total. The van der Waals surface area contributed by atoms with E-state index >= 15 is 0 Å². The smallest absolute Gasteiger partial charge is 0.0675 e. The summed E-state index contributed by atoms with van der Waals surface area (Å²) < 4.78 is 5.73. The van der Waals surface area contributed by atoms with Crippen molar-refractivity contribution in [2.45, 2.75) is 52.3 Å². The third-order valence-corrected chi connectivity index (χ3v) is 4.29. The lowest BCUT2D eigenvalue weighted by Crippen LogP contribution is -2.50. The van der Waals surface area contributed by atoms with E-state index in [0.717, 1.165) is 19.6 Å². The highest BCUT2D eigenvalue weighted by molar-refractivity contribution is 5.26. The van der Waals surface area contributed by atoms with Gasteiger partial charge in [0.2, 0.25) is 0 Å². The van der Waals surface area contributed by atoms with Gasteiger partial charge in [0.15, 0.2) is 0 Å². The van der Waals surface area contributed by atoms with Crippen LogP contribution < -0.4 is 5.73 Å². The maximum atomic E-state index is 6.08. The Bertz CT molecular complexity index is 429. The molecule has 0 bridgehead atoms. The number of nitrogens with two attached hydrogens (primary N) is 1. The molecule has 1 fully saturated rings. The van der Waals surface area contributed by atoms with Crippen molar-refractivity contribution in [3.63, 3.8) is 0 Å². The van der Waals surface area contributed by atoms with Gasteiger partial charge < -0.3 is 10.5 Å². The Hall–Kier alpha value is -0.900. The van der Waals surface area contributed by atoms with Crippen molar-refractivity contribution in [3.05, 3.63) is 35.4 Å². The molecular weight excluding hydrogens is 260 g/mol. The summed E-state index contributed by atoms with van der Waals surface area (Å²) in [6.07, 6.45) is 1.42. The topological polar surface area (TPSA) is 38.5 Å². The molecule has 1 aliphatic rings. The van der Waals surface area contributed by atoms with Crippen molar-refractivity contribution in [1.82, 2.24) is 4.90 Å². The van der Waals surface area contributed by atoms with Gasteiger partial charge in [-0.05, 0) is 37.3 Å². The molecule has 1 heterocycles. The van der Waals surface area contributed by atoms with Gasteiger partial charge in [0, 0.05) is 25.2 Å². The maximum Gasteiger partial charge on any atom is 0.0675 e. The first kappa shape index (κ1) is 16.5. The van der Waals surface area contributed by atoms with Gasteiger partial charge in [-0.1, -0.05) is 38.1 Å². The highest BCUT2D eigenvalue weighted by Gasteiger charge is 2.29. The Balaban J connectivity index is 2.12. The first-order valence-corrected chi connectivity index (χ1v) is 8.17. The van der Waals surface area contributed by atoms with Gasteiger partial charge in [-0.3, -0.25) is 4.90 Å². The number of benzene rings is 1. The molecule has 0 saturated carbocycles. The average Bonchev–Trinajstić information content (AvgIpc) is 2.44.